The van der Waals surface area contributed by atoms with Gasteiger partial charge in [0, 0.05) is 18.1 Å². The second kappa shape index (κ2) is 6.63. The summed E-state index contributed by atoms with van der Waals surface area (Å²) in [6.07, 6.45) is 0. The second-order valence-electron chi connectivity index (χ2n) is 4.79. The van der Waals surface area contributed by atoms with Crippen LogP contribution in [0.5, 0.6) is 0 Å². The molecule has 1 aromatic heterocycles. The molecule has 2 aromatic rings. The van der Waals surface area contributed by atoms with Gasteiger partial charge in [-0.3, -0.25) is 9.79 Å². The molecule has 1 aromatic carbocycles. The molecule has 0 saturated heterocycles. The fourth-order valence-corrected chi connectivity index (χ4v) is 2.65. The largest absolute Gasteiger partial charge is 0.340 e. The Morgan fingerprint density at radius 3 is 2.71 bits per heavy atom. The van der Waals surface area contributed by atoms with Gasteiger partial charge in [-0.1, -0.05) is 12.1 Å². The number of hydrogen-bond acceptors (Lipinski definition) is 3. The van der Waals surface area contributed by atoms with Crippen molar-refractivity contribution in [2.45, 2.75) is 19.9 Å². The number of hydrogen-bond donors (Lipinski definition) is 1. The summed E-state index contributed by atoms with van der Waals surface area (Å²) in [5.41, 5.74) is 2.75. The predicted molar refractivity (Wildman–Crippen MR) is 84.7 cm³/mol. The zero-order valence-electron chi connectivity index (χ0n) is 12.2. The van der Waals surface area contributed by atoms with E-state index in [0.29, 0.717) is 11.1 Å². The van der Waals surface area contributed by atoms with Crippen LogP contribution in [-0.4, -0.2) is 18.7 Å². The molecule has 0 radical (unpaired) electrons. The number of benzene rings is 1. The van der Waals surface area contributed by atoms with E-state index in [9.17, 15) is 9.18 Å². The Morgan fingerprint density at radius 2 is 2.14 bits per heavy atom. The third-order valence-electron chi connectivity index (χ3n) is 3.34. The van der Waals surface area contributed by atoms with Crippen molar-refractivity contribution in [2.75, 3.05) is 7.05 Å². The van der Waals surface area contributed by atoms with Gasteiger partial charge in [0.15, 0.2) is 0 Å². The van der Waals surface area contributed by atoms with Crippen molar-refractivity contribution in [1.29, 1.82) is 0 Å². The van der Waals surface area contributed by atoms with Gasteiger partial charge in [0.2, 0.25) is 0 Å². The lowest BCUT2D eigenvalue weighted by atomic mass is 10.00. The first-order chi connectivity index (χ1) is 10.0. The molecule has 0 bridgehead atoms. The summed E-state index contributed by atoms with van der Waals surface area (Å²) < 4.78 is 13.4. The first-order valence-electron chi connectivity index (χ1n) is 6.55. The molecule has 1 amide bonds. The highest BCUT2D eigenvalue weighted by Gasteiger charge is 2.19. The lowest BCUT2D eigenvalue weighted by molar-refractivity contribution is 0.0947. The van der Waals surface area contributed by atoms with E-state index in [1.54, 1.807) is 37.6 Å². The molecular weight excluding hydrogens is 287 g/mol. The molecule has 1 unspecified atom stereocenters. The molecule has 3 nitrogen and oxygen atoms in total. The van der Waals surface area contributed by atoms with Crippen molar-refractivity contribution >= 4 is 23.0 Å². The van der Waals surface area contributed by atoms with Crippen LogP contribution in [0.4, 0.5) is 4.39 Å². The molecule has 0 spiro atoms. The summed E-state index contributed by atoms with van der Waals surface area (Å²) in [6, 6.07) is 6.24. The number of nitrogens with zero attached hydrogens (tertiary/aromatic N) is 1. The van der Waals surface area contributed by atoms with Gasteiger partial charge in [-0.05, 0) is 42.5 Å². The van der Waals surface area contributed by atoms with Crippen molar-refractivity contribution in [3.63, 3.8) is 0 Å². The lowest BCUT2D eigenvalue weighted by Gasteiger charge is -2.19. The zero-order chi connectivity index (χ0) is 15.4. The summed E-state index contributed by atoms with van der Waals surface area (Å²) in [5.74, 6) is -0.418. The standard InChI is InChI=1S/C16H17FN2OS/c1-10-8-12(4-5-14(10)17)15(11(2)18-3)19-16(20)13-6-7-21-9-13/h4-9,15H,1-3H3,(H,19,20). The van der Waals surface area contributed by atoms with E-state index in [2.05, 4.69) is 10.3 Å². The van der Waals surface area contributed by atoms with E-state index in [4.69, 9.17) is 0 Å². The van der Waals surface area contributed by atoms with Crippen LogP contribution in [-0.2, 0) is 0 Å². The number of rotatable bonds is 4. The van der Waals surface area contributed by atoms with Crippen molar-refractivity contribution in [1.82, 2.24) is 5.32 Å². The lowest BCUT2D eigenvalue weighted by Crippen LogP contribution is -2.32. The monoisotopic (exact) mass is 304 g/mol. The van der Waals surface area contributed by atoms with Gasteiger partial charge in [0.1, 0.15) is 5.82 Å². The van der Waals surface area contributed by atoms with Gasteiger partial charge in [0.05, 0.1) is 11.6 Å². The van der Waals surface area contributed by atoms with Gasteiger partial charge in [-0.15, -0.1) is 0 Å². The Bertz CT molecular complexity index is 665. The number of amides is 1. The molecule has 110 valence electrons. The number of thiophene rings is 1. The fraction of sp³-hybridized carbons (Fsp3) is 0.250. The van der Waals surface area contributed by atoms with Crippen LogP contribution in [0.1, 0.15) is 34.5 Å². The van der Waals surface area contributed by atoms with Crippen LogP contribution in [0.15, 0.2) is 40.0 Å². The number of carbonyl (C=O) groups is 1. The summed E-state index contributed by atoms with van der Waals surface area (Å²) >= 11 is 1.47. The van der Waals surface area contributed by atoms with Crippen molar-refractivity contribution in [3.05, 3.63) is 57.5 Å². The Balaban J connectivity index is 2.30. The number of carbonyl (C=O) groups excluding carboxylic acids is 1. The highest BCUT2D eigenvalue weighted by Crippen LogP contribution is 2.19. The molecule has 21 heavy (non-hydrogen) atoms. The molecule has 0 fully saturated rings. The normalized spacial score (nSPS) is 13.0. The van der Waals surface area contributed by atoms with Crippen LogP contribution in [0.25, 0.3) is 0 Å². The molecule has 0 aliphatic rings. The molecule has 1 N–H and O–H groups in total. The minimum atomic E-state index is -0.360. The van der Waals surface area contributed by atoms with Crippen LogP contribution in [0.3, 0.4) is 0 Å². The zero-order valence-corrected chi connectivity index (χ0v) is 13.0. The van der Waals surface area contributed by atoms with Crippen LogP contribution in [0.2, 0.25) is 0 Å². The maximum absolute atomic E-state index is 13.4. The topological polar surface area (TPSA) is 41.5 Å². The van der Waals surface area contributed by atoms with Gasteiger partial charge in [0.25, 0.3) is 5.91 Å². The van der Waals surface area contributed by atoms with Crippen molar-refractivity contribution in [3.8, 4) is 0 Å². The number of nitrogens with one attached hydrogen (secondary N) is 1. The van der Waals surface area contributed by atoms with E-state index in [-0.39, 0.29) is 17.8 Å². The highest BCUT2D eigenvalue weighted by atomic mass is 32.1. The molecule has 5 heteroatoms. The summed E-state index contributed by atoms with van der Waals surface area (Å²) in [5, 5.41) is 6.59. The summed E-state index contributed by atoms with van der Waals surface area (Å²) in [4.78, 5) is 16.4. The molecule has 1 atom stereocenters. The first kappa shape index (κ1) is 15.4. The van der Waals surface area contributed by atoms with Gasteiger partial charge in [-0.25, -0.2) is 4.39 Å². The average Bonchev–Trinajstić information content (AvgIpc) is 3.01. The maximum Gasteiger partial charge on any atom is 0.252 e. The van der Waals surface area contributed by atoms with Gasteiger partial charge in [-0.2, -0.15) is 11.3 Å². The van der Waals surface area contributed by atoms with Crippen molar-refractivity contribution in [2.24, 2.45) is 4.99 Å². The third-order valence-corrected chi connectivity index (χ3v) is 4.03. The third kappa shape index (κ3) is 3.55. The Morgan fingerprint density at radius 1 is 1.38 bits per heavy atom. The molecule has 0 aliphatic heterocycles. The van der Waals surface area contributed by atoms with E-state index >= 15 is 0 Å². The summed E-state index contributed by atoms with van der Waals surface area (Å²) in [7, 11) is 1.68. The molecular formula is C16H17FN2OS. The average molecular weight is 304 g/mol. The smallest absolute Gasteiger partial charge is 0.252 e. The Hall–Kier alpha value is -2.01. The summed E-state index contributed by atoms with van der Waals surface area (Å²) in [6.45, 7) is 3.55. The molecule has 0 aliphatic carbocycles. The maximum atomic E-state index is 13.4. The van der Waals surface area contributed by atoms with E-state index in [1.807, 2.05) is 12.3 Å². The fourth-order valence-electron chi connectivity index (χ4n) is 2.01. The SMILES string of the molecule is CN=C(C)C(NC(=O)c1ccsc1)c1ccc(F)c(C)c1. The van der Waals surface area contributed by atoms with E-state index in [1.165, 1.54) is 17.4 Å². The minimum Gasteiger partial charge on any atom is -0.340 e. The quantitative estimate of drug-likeness (QED) is 0.859. The second-order valence-corrected chi connectivity index (χ2v) is 5.57. The van der Waals surface area contributed by atoms with Crippen molar-refractivity contribution < 1.29 is 9.18 Å². The van der Waals surface area contributed by atoms with Crippen LogP contribution >= 0.6 is 11.3 Å². The van der Waals surface area contributed by atoms with Gasteiger partial charge >= 0.3 is 0 Å². The predicted octanol–water partition coefficient (Wildman–Crippen LogP) is 3.76. The number of halogens is 1. The van der Waals surface area contributed by atoms with E-state index in [0.717, 1.165) is 11.3 Å². The number of aryl methyl sites for hydroxylation is 1. The Kier molecular flexibility index (Phi) is 4.85. The van der Waals surface area contributed by atoms with E-state index < -0.39 is 0 Å². The number of aliphatic imine (C=N–C) groups is 1. The van der Waals surface area contributed by atoms with Crippen LogP contribution in [0, 0.1) is 12.7 Å². The molecule has 0 saturated carbocycles. The minimum absolute atomic E-state index is 0.161. The molecule has 2 rings (SSSR count). The first-order valence-corrected chi connectivity index (χ1v) is 7.49. The Labute approximate surface area is 127 Å². The van der Waals surface area contributed by atoms with Gasteiger partial charge < -0.3 is 5.32 Å². The molecule has 1 heterocycles. The highest BCUT2D eigenvalue weighted by molar-refractivity contribution is 7.08. The van der Waals surface area contributed by atoms with Crippen LogP contribution < -0.4 is 5.32 Å².